The zero-order valence-corrected chi connectivity index (χ0v) is 13.5. The van der Waals surface area contributed by atoms with Crippen LogP contribution in [0.25, 0.3) is 0 Å². The molecule has 3 rings (SSSR count). The van der Waals surface area contributed by atoms with Crippen LogP contribution in [0.4, 0.5) is 10.8 Å². The van der Waals surface area contributed by atoms with E-state index in [1.165, 1.54) is 29.5 Å². The number of thiazole rings is 1. The van der Waals surface area contributed by atoms with Gasteiger partial charge in [-0.2, -0.15) is 0 Å². The van der Waals surface area contributed by atoms with Gasteiger partial charge in [0.05, 0.1) is 10.6 Å². The quantitative estimate of drug-likeness (QED) is 0.651. The molecule has 0 unspecified atom stereocenters. The van der Waals surface area contributed by atoms with Gasteiger partial charge < -0.3 is 5.73 Å². The van der Waals surface area contributed by atoms with Gasteiger partial charge in [0.15, 0.2) is 5.13 Å². The maximum atomic E-state index is 12.3. The van der Waals surface area contributed by atoms with Crippen molar-refractivity contribution in [1.29, 1.82) is 0 Å². The molecule has 1 heterocycles. The minimum Gasteiger partial charge on any atom is -0.327 e. The summed E-state index contributed by atoms with van der Waals surface area (Å²) in [5.74, 6) is -0.602. The van der Waals surface area contributed by atoms with Crippen molar-refractivity contribution in [2.45, 2.75) is 25.3 Å². The fourth-order valence-electron chi connectivity index (χ4n) is 2.47. The lowest BCUT2D eigenvalue weighted by Crippen LogP contribution is -2.27. The lowest BCUT2D eigenvalue weighted by molar-refractivity contribution is -0.385. The molecule has 120 valence electrons. The summed E-state index contributed by atoms with van der Waals surface area (Å²) in [6.07, 6.45) is 2.38. The second-order valence-corrected chi connectivity index (χ2v) is 6.78. The highest BCUT2D eigenvalue weighted by molar-refractivity contribution is 7.15. The largest absolute Gasteiger partial charge is 0.327 e. The molecule has 0 fully saturated rings. The molecule has 1 amide bonds. The summed E-state index contributed by atoms with van der Waals surface area (Å²) in [5, 5.41) is 14.3. The van der Waals surface area contributed by atoms with Gasteiger partial charge >= 0.3 is 0 Å². The molecule has 3 N–H and O–H groups in total. The molecular formula is C14H13ClN4O3S. The number of nitrogens with zero attached hydrogens (tertiary/aromatic N) is 2. The molecule has 9 heteroatoms. The molecule has 0 bridgehead atoms. The number of aromatic nitrogens is 1. The van der Waals surface area contributed by atoms with Gasteiger partial charge in [-0.15, -0.1) is 11.3 Å². The van der Waals surface area contributed by atoms with Crippen LogP contribution in [-0.2, 0) is 12.8 Å². The monoisotopic (exact) mass is 352 g/mol. The number of halogens is 1. The second kappa shape index (κ2) is 6.23. The fraction of sp³-hybridized carbons (Fsp3) is 0.286. The Morgan fingerprint density at radius 2 is 2.30 bits per heavy atom. The number of nitro groups is 1. The number of benzene rings is 1. The van der Waals surface area contributed by atoms with Crippen LogP contribution in [0.3, 0.4) is 0 Å². The summed E-state index contributed by atoms with van der Waals surface area (Å²) in [7, 11) is 0. The number of carbonyl (C=O) groups excluding carboxylic acids is 1. The van der Waals surface area contributed by atoms with Crippen LogP contribution < -0.4 is 11.1 Å². The first kappa shape index (κ1) is 15.9. The Morgan fingerprint density at radius 1 is 1.52 bits per heavy atom. The molecule has 23 heavy (non-hydrogen) atoms. The highest BCUT2D eigenvalue weighted by Gasteiger charge is 2.24. The van der Waals surface area contributed by atoms with E-state index in [4.69, 9.17) is 17.3 Å². The Hall–Kier alpha value is -2.03. The number of nitrogens with two attached hydrogens (primary N) is 1. The molecule has 7 nitrogen and oxygen atoms in total. The summed E-state index contributed by atoms with van der Waals surface area (Å²) in [6, 6.07) is 3.97. The van der Waals surface area contributed by atoms with E-state index in [1.54, 1.807) is 0 Å². The lowest BCUT2D eigenvalue weighted by atomic mass is 9.99. The van der Waals surface area contributed by atoms with Crippen molar-refractivity contribution in [3.05, 3.63) is 49.5 Å². The molecule has 0 radical (unpaired) electrons. The van der Waals surface area contributed by atoms with Gasteiger partial charge in [-0.1, -0.05) is 11.6 Å². The van der Waals surface area contributed by atoms with Crippen molar-refractivity contribution in [2.24, 2.45) is 5.73 Å². The van der Waals surface area contributed by atoms with E-state index < -0.39 is 10.8 Å². The fourth-order valence-corrected chi connectivity index (χ4v) is 3.74. The number of fused-ring (bicyclic) bond motifs is 1. The molecular weight excluding hydrogens is 340 g/mol. The Kier molecular flexibility index (Phi) is 4.29. The normalized spacial score (nSPS) is 16.7. The number of amides is 1. The molecule has 0 spiro atoms. The molecule has 1 atom stereocenters. The first-order chi connectivity index (χ1) is 10.9. The van der Waals surface area contributed by atoms with E-state index in [-0.39, 0.29) is 22.3 Å². The predicted octanol–water partition coefficient (Wildman–Crippen LogP) is 2.77. The summed E-state index contributed by atoms with van der Waals surface area (Å²) in [5.41, 5.74) is 6.47. The lowest BCUT2D eigenvalue weighted by Gasteiger charge is -2.15. The molecule has 0 saturated heterocycles. The van der Waals surface area contributed by atoms with E-state index in [0.717, 1.165) is 29.8 Å². The summed E-state index contributed by atoms with van der Waals surface area (Å²) in [6.45, 7) is 0. The Balaban J connectivity index is 1.85. The molecule has 1 aromatic carbocycles. The maximum Gasteiger partial charge on any atom is 0.282 e. The van der Waals surface area contributed by atoms with Gasteiger partial charge in [0, 0.05) is 22.0 Å². The molecule has 1 aromatic heterocycles. The van der Waals surface area contributed by atoms with Gasteiger partial charge in [0.25, 0.3) is 11.6 Å². The van der Waals surface area contributed by atoms with E-state index >= 15 is 0 Å². The Bertz CT molecular complexity index is 792. The van der Waals surface area contributed by atoms with Crippen molar-refractivity contribution in [2.75, 3.05) is 5.32 Å². The minimum atomic E-state index is -0.614. The van der Waals surface area contributed by atoms with Gasteiger partial charge in [0.2, 0.25) is 0 Å². The first-order valence-electron chi connectivity index (χ1n) is 6.93. The molecule has 1 aliphatic rings. The number of hydrogen-bond acceptors (Lipinski definition) is 6. The van der Waals surface area contributed by atoms with Gasteiger partial charge in [-0.3, -0.25) is 20.2 Å². The van der Waals surface area contributed by atoms with Crippen LogP contribution in [0.1, 0.15) is 27.3 Å². The maximum absolute atomic E-state index is 12.3. The van der Waals surface area contributed by atoms with Crippen LogP contribution in [0.5, 0.6) is 0 Å². The summed E-state index contributed by atoms with van der Waals surface area (Å²) < 4.78 is 0. The summed E-state index contributed by atoms with van der Waals surface area (Å²) >= 11 is 7.19. The second-order valence-electron chi connectivity index (χ2n) is 5.26. The average molecular weight is 353 g/mol. The SMILES string of the molecule is N[C@H]1CCc2nc(NC(=O)c3cc(Cl)ccc3[N+](=O)[O-])sc2C1. The van der Waals surface area contributed by atoms with E-state index in [0.29, 0.717) is 5.13 Å². The summed E-state index contributed by atoms with van der Waals surface area (Å²) in [4.78, 5) is 28.2. The number of carbonyl (C=O) groups is 1. The standard InChI is InChI=1S/C14H13ClN4O3S/c15-7-1-4-11(19(21)22)9(5-7)13(20)18-14-17-10-3-2-8(16)6-12(10)23-14/h1,4-5,8H,2-3,6,16H2,(H,17,18,20)/t8-/m0/s1. The topological polar surface area (TPSA) is 111 Å². The minimum absolute atomic E-state index is 0.0904. The molecule has 2 aromatic rings. The number of rotatable bonds is 3. The van der Waals surface area contributed by atoms with Crippen LogP contribution in [-0.4, -0.2) is 21.9 Å². The highest BCUT2D eigenvalue weighted by Crippen LogP contribution is 2.30. The number of aryl methyl sites for hydroxylation is 1. The number of hydrogen-bond donors (Lipinski definition) is 2. The van der Waals surface area contributed by atoms with Crippen molar-refractivity contribution < 1.29 is 9.72 Å². The van der Waals surface area contributed by atoms with Crippen LogP contribution in [0.2, 0.25) is 5.02 Å². The van der Waals surface area contributed by atoms with E-state index in [2.05, 4.69) is 10.3 Å². The Labute approximate surface area is 140 Å². The first-order valence-corrected chi connectivity index (χ1v) is 8.13. The number of nitro benzene ring substituents is 1. The average Bonchev–Trinajstić information content (AvgIpc) is 2.88. The number of nitrogens with one attached hydrogen (secondary N) is 1. The molecule has 0 saturated carbocycles. The molecule has 0 aliphatic heterocycles. The van der Waals surface area contributed by atoms with Crippen molar-refractivity contribution in [3.63, 3.8) is 0 Å². The predicted molar refractivity (Wildman–Crippen MR) is 88.2 cm³/mol. The van der Waals surface area contributed by atoms with Crippen LogP contribution in [0, 0.1) is 10.1 Å². The van der Waals surface area contributed by atoms with Crippen molar-refractivity contribution >= 4 is 39.7 Å². The van der Waals surface area contributed by atoms with Crippen molar-refractivity contribution in [3.8, 4) is 0 Å². The highest BCUT2D eigenvalue weighted by atomic mass is 35.5. The van der Waals surface area contributed by atoms with Crippen LogP contribution in [0.15, 0.2) is 18.2 Å². The van der Waals surface area contributed by atoms with E-state index in [9.17, 15) is 14.9 Å². The van der Waals surface area contributed by atoms with Crippen molar-refractivity contribution in [1.82, 2.24) is 4.98 Å². The van der Waals surface area contributed by atoms with Gasteiger partial charge in [-0.25, -0.2) is 4.98 Å². The van der Waals surface area contributed by atoms with Gasteiger partial charge in [-0.05, 0) is 31.4 Å². The zero-order valence-electron chi connectivity index (χ0n) is 11.9. The third-order valence-corrected chi connectivity index (χ3v) is 4.87. The van der Waals surface area contributed by atoms with Crippen LogP contribution >= 0.6 is 22.9 Å². The molecule has 1 aliphatic carbocycles. The smallest absolute Gasteiger partial charge is 0.282 e. The third kappa shape index (κ3) is 3.34. The Morgan fingerprint density at radius 3 is 3.04 bits per heavy atom. The van der Waals surface area contributed by atoms with E-state index in [1.807, 2.05) is 0 Å². The zero-order chi connectivity index (χ0) is 16.6. The number of anilines is 1. The third-order valence-electron chi connectivity index (χ3n) is 3.60. The van der Waals surface area contributed by atoms with Gasteiger partial charge in [0.1, 0.15) is 5.56 Å².